The molecule has 0 N–H and O–H groups in total. The third-order valence-electron chi connectivity index (χ3n) is 3.33. The van der Waals surface area contributed by atoms with Crippen LogP contribution in [-0.4, -0.2) is 22.1 Å². The van der Waals surface area contributed by atoms with Crippen molar-refractivity contribution in [2.24, 2.45) is 0 Å². The molecule has 2 heterocycles. The number of pyridine rings is 2. The van der Waals surface area contributed by atoms with E-state index in [2.05, 4.69) is 4.98 Å². The van der Waals surface area contributed by atoms with E-state index in [-0.39, 0.29) is 34.5 Å². The minimum absolute atomic E-state index is 0.0570. The van der Waals surface area contributed by atoms with Crippen LogP contribution in [-0.2, 0) is 4.74 Å². The number of fused-ring (bicyclic) bond motifs is 1. The van der Waals surface area contributed by atoms with E-state index >= 15 is 0 Å². The molecule has 7 heteroatoms. The predicted molar refractivity (Wildman–Crippen MR) is 75.2 cm³/mol. The highest BCUT2D eigenvalue weighted by molar-refractivity contribution is 6.29. The largest absolute Gasteiger partial charge is 0.461 e. The molecule has 0 atom stereocenters. The van der Waals surface area contributed by atoms with Crippen molar-refractivity contribution in [3.63, 3.8) is 0 Å². The molecule has 1 aliphatic rings. The molecule has 21 heavy (non-hydrogen) atoms. The SMILES string of the molecule is CCOC(=O)c1cc(=O)c2cc(F)c(Cl)nc2n1C1CC1. The quantitative estimate of drug-likeness (QED) is 0.646. The number of hydrogen-bond donors (Lipinski definition) is 0. The summed E-state index contributed by atoms with van der Waals surface area (Å²) in [6, 6.07) is 2.29. The molecule has 0 spiro atoms. The molecule has 2 aromatic rings. The highest BCUT2D eigenvalue weighted by Crippen LogP contribution is 2.38. The van der Waals surface area contributed by atoms with Crippen LogP contribution in [0.25, 0.3) is 11.0 Å². The van der Waals surface area contributed by atoms with Crippen molar-refractivity contribution in [2.45, 2.75) is 25.8 Å². The van der Waals surface area contributed by atoms with Gasteiger partial charge in [-0.25, -0.2) is 14.2 Å². The zero-order valence-corrected chi connectivity index (χ0v) is 12.0. The minimum Gasteiger partial charge on any atom is -0.461 e. The highest BCUT2D eigenvalue weighted by Gasteiger charge is 2.30. The Morgan fingerprint density at radius 3 is 2.86 bits per heavy atom. The number of carbonyl (C=O) groups excluding carboxylic acids is 1. The number of carbonyl (C=O) groups is 1. The van der Waals surface area contributed by atoms with Crippen LogP contribution in [0.3, 0.4) is 0 Å². The van der Waals surface area contributed by atoms with Gasteiger partial charge in [-0.1, -0.05) is 11.6 Å². The number of halogens is 2. The van der Waals surface area contributed by atoms with Crippen molar-refractivity contribution in [1.82, 2.24) is 9.55 Å². The summed E-state index contributed by atoms with van der Waals surface area (Å²) in [7, 11) is 0. The number of ether oxygens (including phenoxy) is 1. The Kier molecular flexibility index (Phi) is 3.41. The molecule has 5 nitrogen and oxygen atoms in total. The third-order valence-corrected chi connectivity index (χ3v) is 3.60. The molecule has 0 aromatic carbocycles. The van der Waals surface area contributed by atoms with Gasteiger partial charge in [0.15, 0.2) is 16.4 Å². The second-order valence-corrected chi connectivity index (χ2v) is 5.21. The maximum Gasteiger partial charge on any atom is 0.355 e. The second-order valence-electron chi connectivity index (χ2n) is 4.85. The van der Waals surface area contributed by atoms with Crippen molar-refractivity contribution < 1.29 is 13.9 Å². The summed E-state index contributed by atoms with van der Waals surface area (Å²) in [6.07, 6.45) is 1.72. The van der Waals surface area contributed by atoms with Crippen LogP contribution in [0.5, 0.6) is 0 Å². The number of hydrogen-bond acceptors (Lipinski definition) is 4. The first-order valence-corrected chi connectivity index (χ1v) is 6.99. The lowest BCUT2D eigenvalue weighted by molar-refractivity contribution is 0.0513. The molecule has 0 amide bonds. The van der Waals surface area contributed by atoms with Gasteiger partial charge in [0.25, 0.3) is 0 Å². The van der Waals surface area contributed by atoms with Gasteiger partial charge in [-0.15, -0.1) is 0 Å². The monoisotopic (exact) mass is 310 g/mol. The van der Waals surface area contributed by atoms with Crippen molar-refractivity contribution in [2.75, 3.05) is 6.61 Å². The lowest BCUT2D eigenvalue weighted by Gasteiger charge is -2.14. The van der Waals surface area contributed by atoms with Crippen LogP contribution in [0.1, 0.15) is 36.3 Å². The van der Waals surface area contributed by atoms with Crippen LogP contribution in [0, 0.1) is 5.82 Å². The van der Waals surface area contributed by atoms with Crippen molar-refractivity contribution in [3.8, 4) is 0 Å². The van der Waals surface area contributed by atoms with Crippen LogP contribution < -0.4 is 5.43 Å². The van der Waals surface area contributed by atoms with E-state index < -0.39 is 17.2 Å². The molecule has 0 radical (unpaired) electrons. The Bertz CT molecular complexity index is 799. The molecule has 0 aliphatic heterocycles. The smallest absolute Gasteiger partial charge is 0.355 e. The molecule has 0 saturated heterocycles. The Labute approximate surface area is 124 Å². The van der Waals surface area contributed by atoms with E-state index in [1.54, 1.807) is 11.5 Å². The first-order chi connectivity index (χ1) is 10.0. The van der Waals surface area contributed by atoms with E-state index in [1.165, 1.54) is 6.07 Å². The van der Waals surface area contributed by atoms with Crippen LogP contribution in [0.2, 0.25) is 5.15 Å². The molecule has 2 aromatic heterocycles. The van der Waals surface area contributed by atoms with Crippen LogP contribution >= 0.6 is 11.6 Å². The average Bonchev–Trinajstić information content (AvgIpc) is 3.25. The maximum atomic E-state index is 13.5. The van der Waals surface area contributed by atoms with Gasteiger partial charge in [-0.3, -0.25) is 4.79 Å². The van der Waals surface area contributed by atoms with E-state index in [9.17, 15) is 14.0 Å². The first kappa shape index (κ1) is 14.0. The van der Waals surface area contributed by atoms with Crippen molar-refractivity contribution in [1.29, 1.82) is 0 Å². The van der Waals surface area contributed by atoms with Gasteiger partial charge in [-0.05, 0) is 25.8 Å². The first-order valence-electron chi connectivity index (χ1n) is 6.61. The number of rotatable bonds is 3. The summed E-state index contributed by atoms with van der Waals surface area (Å²) in [4.78, 5) is 28.1. The van der Waals surface area contributed by atoms with E-state index in [0.29, 0.717) is 0 Å². The summed E-state index contributed by atoms with van der Waals surface area (Å²) in [5.74, 6) is -1.35. The van der Waals surface area contributed by atoms with Gasteiger partial charge in [0.2, 0.25) is 0 Å². The number of aromatic nitrogens is 2. The lowest BCUT2D eigenvalue weighted by atomic mass is 10.2. The Morgan fingerprint density at radius 1 is 1.52 bits per heavy atom. The van der Waals surface area contributed by atoms with Crippen LogP contribution in [0.15, 0.2) is 16.9 Å². The molecule has 0 bridgehead atoms. The zero-order chi connectivity index (χ0) is 15.1. The van der Waals surface area contributed by atoms with E-state index in [0.717, 1.165) is 18.9 Å². The van der Waals surface area contributed by atoms with E-state index in [4.69, 9.17) is 16.3 Å². The molecule has 3 rings (SSSR count). The topological polar surface area (TPSA) is 61.2 Å². The fraction of sp³-hybridized carbons (Fsp3) is 0.357. The molecule has 110 valence electrons. The fourth-order valence-corrected chi connectivity index (χ4v) is 2.41. The molecule has 0 unspecified atom stereocenters. The Morgan fingerprint density at radius 2 is 2.24 bits per heavy atom. The molecule has 1 fully saturated rings. The van der Waals surface area contributed by atoms with Gasteiger partial charge in [-0.2, -0.15) is 0 Å². The standard InChI is InChI=1S/C14H12ClFN2O3/c1-2-21-14(20)10-6-11(19)8-5-9(16)12(15)17-13(8)18(10)7-3-4-7/h5-7H,2-4H2,1H3. The normalized spacial score (nSPS) is 14.4. The Balaban J connectivity index is 2.34. The summed E-state index contributed by atoms with van der Waals surface area (Å²) in [5.41, 5.74) is -0.125. The average molecular weight is 311 g/mol. The van der Waals surface area contributed by atoms with Gasteiger partial charge in [0.05, 0.1) is 12.0 Å². The summed E-state index contributed by atoms with van der Waals surface area (Å²) < 4.78 is 20.1. The van der Waals surface area contributed by atoms with E-state index in [1.807, 2.05) is 0 Å². The minimum atomic E-state index is -0.757. The summed E-state index contributed by atoms with van der Waals surface area (Å²) in [6.45, 7) is 1.89. The van der Waals surface area contributed by atoms with Gasteiger partial charge in [0, 0.05) is 12.1 Å². The fourth-order valence-electron chi connectivity index (χ4n) is 2.27. The zero-order valence-electron chi connectivity index (χ0n) is 11.2. The maximum absolute atomic E-state index is 13.5. The van der Waals surface area contributed by atoms with Gasteiger partial charge < -0.3 is 9.30 Å². The molecule has 1 aliphatic carbocycles. The van der Waals surface area contributed by atoms with Gasteiger partial charge >= 0.3 is 5.97 Å². The highest BCUT2D eigenvalue weighted by atomic mass is 35.5. The van der Waals surface area contributed by atoms with Crippen molar-refractivity contribution in [3.05, 3.63) is 39.0 Å². The predicted octanol–water partition coefficient (Wildman–Crippen LogP) is 2.70. The number of esters is 1. The van der Waals surface area contributed by atoms with Crippen LogP contribution in [0.4, 0.5) is 4.39 Å². The Hall–Kier alpha value is -1.95. The third kappa shape index (κ3) is 2.40. The van der Waals surface area contributed by atoms with Crippen molar-refractivity contribution >= 4 is 28.6 Å². The molecular formula is C14H12ClFN2O3. The lowest BCUT2D eigenvalue weighted by Crippen LogP contribution is -2.20. The number of nitrogens with zero attached hydrogens (tertiary/aromatic N) is 2. The molecular weight excluding hydrogens is 299 g/mol. The second kappa shape index (κ2) is 5.11. The summed E-state index contributed by atoms with van der Waals surface area (Å²) >= 11 is 5.71. The summed E-state index contributed by atoms with van der Waals surface area (Å²) in [5, 5.41) is -0.214. The van der Waals surface area contributed by atoms with Gasteiger partial charge in [0.1, 0.15) is 11.3 Å². The molecule has 1 saturated carbocycles.